The Morgan fingerprint density at radius 2 is 1.07 bits per heavy atom. The fourth-order valence-electron chi connectivity index (χ4n) is 0. The fraction of sp³-hybridized carbons (Fsp3) is 0.750. The van der Waals surface area contributed by atoms with Crippen molar-refractivity contribution in [2.24, 2.45) is 11.8 Å². The Morgan fingerprint density at radius 3 is 1.07 bits per heavy atom. The van der Waals surface area contributed by atoms with Gasteiger partial charge in [0.1, 0.15) is 0 Å². The van der Waals surface area contributed by atoms with Crippen LogP contribution in [0.2, 0.25) is 0 Å². The Hall–Kier alpha value is 1.54. The van der Waals surface area contributed by atoms with Crippen molar-refractivity contribution in [3.05, 3.63) is 13.8 Å². The van der Waals surface area contributed by atoms with Gasteiger partial charge in [0.05, 0.1) is 0 Å². The molecule has 0 aromatic carbocycles. The Labute approximate surface area is 112 Å². The van der Waals surface area contributed by atoms with Crippen molar-refractivity contribution >= 4 is 29.7 Å². The van der Waals surface area contributed by atoms with Crippen LogP contribution in [-0.4, -0.2) is 9.79 Å². The average molecular weight is 310 g/mol. The molecule has 0 atom stereocenters. The van der Waals surface area contributed by atoms with Gasteiger partial charge in [-0.3, -0.25) is 0 Å². The van der Waals surface area contributed by atoms with Gasteiger partial charge in [-0.15, -0.1) is 0 Å². The number of rotatable bonds is 0. The zero-order chi connectivity index (χ0) is 11.7. The van der Waals surface area contributed by atoms with E-state index in [0.717, 1.165) is 0 Å². The van der Waals surface area contributed by atoms with Crippen molar-refractivity contribution < 1.29 is 29.3 Å². The Morgan fingerprint density at radius 1 is 1.07 bits per heavy atom. The molecule has 0 aromatic rings. The van der Waals surface area contributed by atoms with Gasteiger partial charge in [-0.25, -0.2) is 0 Å². The maximum Gasteiger partial charge on any atom is 2.00 e. The second-order valence-corrected chi connectivity index (χ2v) is 8.34. The minimum Gasteiger partial charge on any atom is -0.341 e. The smallest absolute Gasteiger partial charge is 0.341 e. The van der Waals surface area contributed by atoms with E-state index in [1.54, 1.807) is 0 Å². The summed E-state index contributed by atoms with van der Waals surface area (Å²) in [6.07, 6.45) is 0. The summed E-state index contributed by atoms with van der Waals surface area (Å²) in [4.78, 5) is 15.7. The van der Waals surface area contributed by atoms with E-state index in [4.69, 9.17) is 9.79 Å². The maximum absolute atomic E-state index is 7.87. The zero-order valence-electron chi connectivity index (χ0n) is 9.47. The summed E-state index contributed by atoms with van der Waals surface area (Å²) >= 11 is 7.07. The fourth-order valence-corrected chi connectivity index (χ4v) is 0. The molecule has 0 unspecified atom stereocenters. The molecule has 0 aliphatic heterocycles. The second-order valence-electron chi connectivity index (χ2n) is 3.30. The molecule has 2 N–H and O–H groups in total. The molecule has 0 rings (SSSR count). The molecule has 0 heterocycles. The summed E-state index contributed by atoms with van der Waals surface area (Å²) in [6.45, 7) is 15.5. The van der Waals surface area contributed by atoms with Gasteiger partial charge < -0.3 is 23.6 Å². The van der Waals surface area contributed by atoms with Crippen LogP contribution in [0.5, 0.6) is 0 Å². The molecule has 0 saturated carbocycles. The van der Waals surface area contributed by atoms with Crippen molar-refractivity contribution in [3.63, 3.8) is 0 Å². The third-order valence-electron chi connectivity index (χ3n) is 0. The minimum atomic E-state index is -3.11. The van der Waals surface area contributed by atoms with Gasteiger partial charge in [0.2, 0.25) is 5.69 Å². The third-order valence-corrected chi connectivity index (χ3v) is 0. The van der Waals surface area contributed by atoms with Crippen LogP contribution in [0.25, 0.3) is 0 Å². The van der Waals surface area contributed by atoms with E-state index in [1.807, 2.05) is 0 Å². The van der Waals surface area contributed by atoms with Crippen molar-refractivity contribution in [1.82, 2.24) is 0 Å². The normalized spacial score (nSPS) is 9.36. The first-order chi connectivity index (χ1) is 5.46. The predicted molar refractivity (Wildman–Crippen MR) is 68.1 cm³/mol. The van der Waals surface area contributed by atoms with Crippen LogP contribution in [0.4, 0.5) is 0 Å². The summed E-state index contributed by atoms with van der Waals surface area (Å²) in [5.41, 5.74) is -3.11. The monoisotopic (exact) mass is 308 g/mol. The largest absolute Gasteiger partial charge is 2.00 e. The first kappa shape index (κ1) is 24.7. The third kappa shape index (κ3) is 895. The molecule has 6 heteroatoms. The SMILES string of the molecule is OP(O)(=S)S.[CH2-]C(C)C.[CH2-]C(C)C.[Zn+2]. The van der Waals surface area contributed by atoms with Crippen molar-refractivity contribution in [3.8, 4) is 0 Å². The van der Waals surface area contributed by atoms with Gasteiger partial charge in [0.25, 0.3) is 0 Å². The minimum absolute atomic E-state index is 0. The van der Waals surface area contributed by atoms with Crippen LogP contribution in [0.3, 0.4) is 0 Å². The molecule has 0 spiro atoms. The molecule has 0 amide bonds. The number of thiol groups is 1. The van der Waals surface area contributed by atoms with Gasteiger partial charge in [0.15, 0.2) is 0 Å². The van der Waals surface area contributed by atoms with Crippen LogP contribution >= 0.6 is 17.9 Å². The van der Waals surface area contributed by atoms with E-state index in [0.29, 0.717) is 11.8 Å². The Kier molecular flexibility index (Phi) is 25.6. The molecule has 0 aliphatic rings. The summed E-state index contributed by atoms with van der Waals surface area (Å²) in [5.74, 6) is 1.17. The number of hydrogen-bond acceptors (Lipinski definition) is 1. The summed E-state index contributed by atoms with van der Waals surface area (Å²) < 4.78 is 0. The molecule has 14 heavy (non-hydrogen) atoms. The summed E-state index contributed by atoms with van der Waals surface area (Å²) in [7, 11) is 0. The van der Waals surface area contributed by atoms with Crippen LogP contribution in [0.1, 0.15) is 27.7 Å². The van der Waals surface area contributed by atoms with E-state index in [2.05, 4.69) is 65.6 Å². The molecule has 0 bridgehead atoms. The molecule has 0 aliphatic carbocycles. The van der Waals surface area contributed by atoms with Crippen molar-refractivity contribution in [2.45, 2.75) is 27.7 Å². The molecule has 2 nitrogen and oxygen atoms in total. The topological polar surface area (TPSA) is 40.5 Å². The van der Waals surface area contributed by atoms with Gasteiger partial charge in [0, 0.05) is 0 Å². The van der Waals surface area contributed by atoms with Crippen LogP contribution in [-0.2, 0) is 31.3 Å². The second kappa shape index (κ2) is 14.5. The molecular weight excluding hydrogens is 289 g/mol. The molecule has 0 fully saturated rings. The maximum atomic E-state index is 7.87. The molecule has 0 aromatic heterocycles. The standard InChI is InChI=1S/2C4H9.H3O2PS2.Zn/c2*1-4(2)3;1-3(2,4)5;/h2*4H,1H2,2-3H3;(H3,1,2,4,5);/q2*-1;;+2. The van der Waals surface area contributed by atoms with E-state index in [9.17, 15) is 0 Å². The van der Waals surface area contributed by atoms with Gasteiger partial charge >= 0.3 is 19.5 Å². The van der Waals surface area contributed by atoms with Gasteiger partial charge in [-0.05, 0) is 11.8 Å². The number of hydrogen-bond donors (Lipinski definition) is 3. The van der Waals surface area contributed by atoms with Gasteiger partial charge in [-0.2, -0.15) is 11.8 Å². The van der Waals surface area contributed by atoms with Crippen LogP contribution in [0.15, 0.2) is 0 Å². The van der Waals surface area contributed by atoms with Crippen LogP contribution < -0.4 is 0 Å². The Bertz CT molecular complexity index is 118. The van der Waals surface area contributed by atoms with E-state index in [1.165, 1.54) is 0 Å². The quantitative estimate of drug-likeness (QED) is 0.279. The summed E-state index contributed by atoms with van der Waals surface area (Å²) in [5, 5.41) is 0. The van der Waals surface area contributed by atoms with E-state index in [-0.39, 0.29) is 19.5 Å². The first-order valence-corrected chi connectivity index (χ1v) is 7.77. The van der Waals surface area contributed by atoms with E-state index >= 15 is 0 Å². The van der Waals surface area contributed by atoms with Crippen LogP contribution in [0, 0.1) is 25.7 Å². The predicted octanol–water partition coefficient (Wildman–Crippen LogP) is 3.08. The molecule has 84 valence electrons. The van der Waals surface area contributed by atoms with E-state index < -0.39 is 5.69 Å². The van der Waals surface area contributed by atoms with Crippen molar-refractivity contribution in [2.75, 3.05) is 0 Å². The summed E-state index contributed by atoms with van der Waals surface area (Å²) in [6, 6.07) is 0. The zero-order valence-corrected chi connectivity index (χ0v) is 15.0. The molecule has 0 saturated heterocycles. The molecule has 0 radical (unpaired) electrons. The first-order valence-electron chi connectivity index (χ1n) is 3.91. The van der Waals surface area contributed by atoms with Gasteiger partial charge in [-0.1, -0.05) is 39.9 Å². The molecular formula is C8H21O2PS2Zn. The average Bonchev–Trinajstić information content (AvgIpc) is 1.50. The Balaban J connectivity index is -0.0000000522. The van der Waals surface area contributed by atoms with Crippen molar-refractivity contribution in [1.29, 1.82) is 0 Å².